The largest absolute Gasteiger partial charge is 0.346 e. The summed E-state index contributed by atoms with van der Waals surface area (Å²) in [7, 11) is 0. The highest BCUT2D eigenvalue weighted by atomic mass is 14.9. The molecule has 0 amide bonds. The third-order valence-corrected chi connectivity index (χ3v) is 5.47. The molecule has 0 atom stereocenters. The molecule has 122 valence electrons. The SMILES string of the molecule is CC1(c2cccc(-c3ncnc4[nH]ccc34)c2)Cc2ccccc2C1. The molecule has 2 aromatic heterocycles. The van der Waals surface area contributed by atoms with Crippen LogP contribution in [0.1, 0.15) is 23.6 Å². The number of hydrogen-bond acceptors (Lipinski definition) is 2. The summed E-state index contributed by atoms with van der Waals surface area (Å²) in [5.41, 5.74) is 7.51. The van der Waals surface area contributed by atoms with Gasteiger partial charge in [-0.25, -0.2) is 9.97 Å². The van der Waals surface area contributed by atoms with Crippen molar-refractivity contribution in [1.29, 1.82) is 0 Å². The average Bonchev–Trinajstić information content (AvgIpc) is 3.25. The molecule has 0 saturated carbocycles. The number of hydrogen-bond donors (Lipinski definition) is 1. The summed E-state index contributed by atoms with van der Waals surface area (Å²) >= 11 is 0. The molecule has 3 heteroatoms. The fraction of sp³-hybridized carbons (Fsp3) is 0.182. The molecule has 3 nitrogen and oxygen atoms in total. The lowest BCUT2D eigenvalue weighted by molar-refractivity contribution is 0.504. The predicted molar refractivity (Wildman–Crippen MR) is 101 cm³/mol. The zero-order chi connectivity index (χ0) is 16.9. The van der Waals surface area contributed by atoms with Crippen LogP contribution in [-0.2, 0) is 18.3 Å². The normalized spacial score (nSPS) is 15.4. The fourth-order valence-electron chi connectivity index (χ4n) is 4.15. The van der Waals surface area contributed by atoms with E-state index in [0.29, 0.717) is 0 Å². The van der Waals surface area contributed by atoms with E-state index in [9.17, 15) is 0 Å². The van der Waals surface area contributed by atoms with E-state index in [1.54, 1.807) is 6.33 Å². The minimum atomic E-state index is 0.143. The number of nitrogens with one attached hydrogen (secondary N) is 1. The number of rotatable bonds is 2. The van der Waals surface area contributed by atoms with E-state index in [-0.39, 0.29) is 5.41 Å². The molecule has 1 N–H and O–H groups in total. The second kappa shape index (κ2) is 5.28. The first-order valence-corrected chi connectivity index (χ1v) is 8.69. The second-order valence-electron chi connectivity index (χ2n) is 7.23. The molecule has 0 saturated heterocycles. The molecule has 5 rings (SSSR count). The molecule has 25 heavy (non-hydrogen) atoms. The van der Waals surface area contributed by atoms with Gasteiger partial charge in [0.1, 0.15) is 12.0 Å². The maximum absolute atomic E-state index is 4.55. The Morgan fingerprint density at radius 1 is 0.920 bits per heavy atom. The Labute approximate surface area is 146 Å². The summed E-state index contributed by atoms with van der Waals surface area (Å²) in [5, 5.41) is 1.07. The molecule has 2 heterocycles. The molecule has 0 aliphatic heterocycles. The molecule has 1 aliphatic carbocycles. The van der Waals surface area contributed by atoms with Gasteiger partial charge in [0, 0.05) is 22.6 Å². The monoisotopic (exact) mass is 325 g/mol. The lowest BCUT2D eigenvalue weighted by atomic mass is 9.79. The van der Waals surface area contributed by atoms with E-state index in [4.69, 9.17) is 0 Å². The molecule has 1 aliphatic rings. The molecule has 0 spiro atoms. The van der Waals surface area contributed by atoms with Gasteiger partial charge in [0.05, 0.1) is 5.69 Å². The highest BCUT2D eigenvalue weighted by molar-refractivity contribution is 5.90. The van der Waals surface area contributed by atoms with E-state index in [2.05, 4.69) is 70.4 Å². The molecular formula is C22H19N3. The lowest BCUT2D eigenvalue weighted by Crippen LogP contribution is -2.22. The standard InChI is InChI=1S/C22H19N3/c1-22(12-16-5-2-3-6-17(16)13-22)18-8-4-7-15(11-18)20-19-9-10-23-21(19)25-14-24-20/h2-11,14H,12-13H2,1H3,(H,23,24,25). The molecule has 0 unspecified atom stereocenters. The highest BCUT2D eigenvalue weighted by Crippen LogP contribution is 2.40. The number of fused-ring (bicyclic) bond motifs is 2. The van der Waals surface area contributed by atoms with Crippen molar-refractivity contribution >= 4 is 11.0 Å². The van der Waals surface area contributed by atoms with E-state index in [1.165, 1.54) is 16.7 Å². The van der Waals surface area contributed by atoms with Gasteiger partial charge in [0.2, 0.25) is 0 Å². The van der Waals surface area contributed by atoms with Gasteiger partial charge in [-0.1, -0.05) is 49.4 Å². The Bertz CT molecular complexity index is 1050. The maximum Gasteiger partial charge on any atom is 0.141 e. The Hall–Kier alpha value is -2.94. The van der Waals surface area contributed by atoms with Gasteiger partial charge in [-0.05, 0) is 41.7 Å². The van der Waals surface area contributed by atoms with Crippen LogP contribution in [0.15, 0.2) is 67.1 Å². The summed E-state index contributed by atoms with van der Waals surface area (Å²) in [4.78, 5) is 12.0. The van der Waals surface area contributed by atoms with Crippen LogP contribution in [0.4, 0.5) is 0 Å². The van der Waals surface area contributed by atoms with Gasteiger partial charge in [-0.15, -0.1) is 0 Å². The lowest BCUT2D eigenvalue weighted by Gasteiger charge is -2.25. The van der Waals surface area contributed by atoms with Crippen LogP contribution in [0.5, 0.6) is 0 Å². The van der Waals surface area contributed by atoms with Crippen LogP contribution in [0.25, 0.3) is 22.3 Å². The number of aromatic nitrogens is 3. The van der Waals surface area contributed by atoms with Crippen molar-refractivity contribution in [2.75, 3.05) is 0 Å². The molecule has 0 bridgehead atoms. The molecule has 0 radical (unpaired) electrons. The average molecular weight is 325 g/mol. The van der Waals surface area contributed by atoms with Crippen molar-refractivity contribution in [3.63, 3.8) is 0 Å². The zero-order valence-corrected chi connectivity index (χ0v) is 14.2. The van der Waals surface area contributed by atoms with Crippen LogP contribution in [0.2, 0.25) is 0 Å². The molecule has 0 fully saturated rings. The number of nitrogens with zero attached hydrogens (tertiary/aromatic N) is 2. The van der Waals surface area contributed by atoms with Gasteiger partial charge in [0.15, 0.2) is 0 Å². The number of H-pyrrole nitrogens is 1. The first-order valence-electron chi connectivity index (χ1n) is 8.69. The minimum absolute atomic E-state index is 0.143. The van der Waals surface area contributed by atoms with Crippen LogP contribution in [0.3, 0.4) is 0 Å². The molecule has 2 aromatic carbocycles. The maximum atomic E-state index is 4.55. The Kier molecular flexibility index (Phi) is 3.04. The van der Waals surface area contributed by atoms with Crippen molar-refractivity contribution < 1.29 is 0 Å². The van der Waals surface area contributed by atoms with Gasteiger partial charge in [-0.3, -0.25) is 0 Å². The fourth-order valence-corrected chi connectivity index (χ4v) is 4.15. The van der Waals surface area contributed by atoms with E-state index in [1.807, 2.05) is 12.3 Å². The summed E-state index contributed by atoms with van der Waals surface area (Å²) in [6.07, 6.45) is 5.74. The van der Waals surface area contributed by atoms with E-state index < -0.39 is 0 Å². The summed E-state index contributed by atoms with van der Waals surface area (Å²) in [6, 6.07) is 19.7. The van der Waals surface area contributed by atoms with Gasteiger partial charge in [-0.2, -0.15) is 0 Å². The van der Waals surface area contributed by atoms with Crippen LogP contribution in [-0.4, -0.2) is 15.0 Å². The van der Waals surface area contributed by atoms with Crippen molar-refractivity contribution in [2.24, 2.45) is 0 Å². The second-order valence-corrected chi connectivity index (χ2v) is 7.23. The summed E-state index contributed by atoms with van der Waals surface area (Å²) < 4.78 is 0. The topological polar surface area (TPSA) is 41.6 Å². The van der Waals surface area contributed by atoms with Gasteiger partial charge < -0.3 is 4.98 Å². The van der Waals surface area contributed by atoms with Crippen molar-refractivity contribution in [3.05, 3.63) is 83.8 Å². The third kappa shape index (κ3) is 2.27. The van der Waals surface area contributed by atoms with Crippen LogP contribution < -0.4 is 0 Å². The van der Waals surface area contributed by atoms with Crippen molar-refractivity contribution in [2.45, 2.75) is 25.2 Å². The highest BCUT2D eigenvalue weighted by Gasteiger charge is 2.34. The minimum Gasteiger partial charge on any atom is -0.346 e. The summed E-state index contributed by atoms with van der Waals surface area (Å²) in [6.45, 7) is 2.37. The van der Waals surface area contributed by atoms with Crippen LogP contribution in [0, 0.1) is 0 Å². The predicted octanol–water partition coefficient (Wildman–Crippen LogP) is 4.68. The smallest absolute Gasteiger partial charge is 0.141 e. The Morgan fingerprint density at radius 2 is 1.72 bits per heavy atom. The van der Waals surface area contributed by atoms with E-state index >= 15 is 0 Å². The molecule has 4 aromatic rings. The quantitative estimate of drug-likeness (QED) is 0.581. The van der Waals surface area contributed by atoms with Gasteiger partial charge in [0.25, 0.3) is 0 Å². The Balaban J connectivity index is 1.59. The zero-order valence-electron chi connectivity index (χ0n) is 14.2. The first kappa shape index (κ1) is 14.4. The Morgan fingerprint density at radius 3 is 2.52 bits per heavy atom. The first-order chi connectivity index (χ1) is 12.2. The third-order valence-electron chi connectivity index (χ3n) is 5.47. The summed E-state index contributed by atoms with van der Waals surface area (Å²) in [5.74, 6) is 0. The van der Waals surface area contributed by atoms with Crippen molar-refractivity contribution in [1.82, 2.24) is 15.0 Å². The van der Waals surface area contributed by atoms with Gasteiger partial charge >= 0.3 is 0 Å². The number of benzene rings is 2. The number of aromatic amines is 1. The van der Waals surface area contributed by atoms with Crippen molar-refractivity contribution in [3.8, 4) is 11.3 Å². The van der Waals surface area contributed by atoms with E-state index in [0.717, 1.165) is 35.1 Å². The van der Waals surface area contributed by atoms with Crippen LogP contribution >= 0.6 is 0 Å². The molecular weight excluding hydrogens is 306 g/mol.